The number of rotatable bonds is 4. The molecule has 0 radical (unpaired) electrons. The number of benzene rings is 1. The molecule has 0 heterocycles. The number of phenols is 2. The zero-order chi connectivity index (χ0) is 14.6. The lowest BCUT2D eigenvalue weighted by Gasteiger charge is -2.34. The first-order chi connectivity index (χ1) is 9.53. The number of hydrogen-bond acceptors (Lipinski definition) is 4. The van der Waals surface area contributed by atoms with Crippen LogP contribution in [0.2, 0.25) is 0 Å². The van der Waals surface area contributed by atoms with Crippen molar-refractivity contribution in [2.45, 2.75) is 57.0 Å². The molecule has 1 aliphatic rings. The largest absolute Gasteiger partial charge is 0.508 e. The molecule has 1 aromatic carbocycles. The highest BCUT2D eigenvalue weighted by atomic mass is 16.3. The summed E-state index contributed by atoms with van der Waals surface area (Å²) in [4.78, 5) is 0. The van der Waals surface area contributed by atoms with Gasteiger partial charge in [-0.3, -0.25) is 0 Å². The second-order valence-electron chi connectivity index (χ2n) is 6.06. The third kappa shape index (κ3) is 3.64. The van der Waals surface area contributed by atoms with Gasteiger partial charge >= 0.3 is 0 Å². The molecule has 0 aromatic heterocycles. The molecule has 20 heavy (non-hydrogen) atoms. The first-order valence-electron chi connectivity index (χ1n) is 7.45. The van der Waals surface area contributed by atoms with Crippen molar-refractivity contribution >= 4 is 0 Å². The molecule has 0 aliphatic heterocycles. The minimum absolute atomic E-state index is 0.0161. The SMILES string of the molecule is CC(CO)(NC1CCCCCC1)c1cc(O)cc(O)c1. The predicted molar refractivity (Wildman–Crippen MR) is 78.8 cm³/mol. The van der Waals surface area contributed by atoms with Gasteiger partial charge in [-0.25, -0.2) is 0 Å². The molecule has 2 rings (SSSR count). The van der Waals surface area contributed by atoms with E-state index in [9.17, 15) is 15.3 Å². The number of aliphatic hydroxyl groups excluding tert-OH is 1. The van der Waals surface area contributed by atoms with Crippen molar-refractivity contribution in [1.29, 1.82) is 0 Å². The molecule has 1 aliphatic carbocycles. The second-order valence-corrected chi connectivity index (χ2v) is 6.06. The summed E-state index contributed by atoms with van der Waals surface area (Å²) in [6.07, 6.45) is 7.21. The maximum Gasteiger partial charge on any atom is 0.119 e. The van der Waals surface area contributed by atoms with E-state index in [1.54, 1.807) is 12.1 Å². The number of aromatic hydroxyl groups is 2. The normalized spacial score (nSPS) is 20.3. The lowest BCUT2D eigenvalue weighted by Crippen LogP contribution is -2.48. The van der Waals surface area contributed by atoms with E-state index in [1.807, 2.05) is 6.92 Å². The van der Waals surface area contributed by atoms with Crippen LogP contribution >= 0.6 is 0 Å². The number of phenolic OH excluding ortho intramolecular Hbond substituents is 2. The van der Waals surface area contributed by atoms with Gasteiger partial charge in [-0.1, -0.05) is 25.7 Å². The molecular weight excluding hydrogens is 254 g/mol. The molecule has 4 heteroatoms. The van der Waals surface area contributed by atoms with E-state index >= 15 is 0 Å². The standard InChI is InChI=1S/C16H25NO3/c1-16(11-18,12-8-14(19)10-15(20)9-12)17-13-6-4-2-3-5-7-13/h8-10,13,17-20H,2-7,11H2,1H3. The van der Waals surface area contributed by atoms with E-state index < -0.39 is 5.54 Å². The Hall–Kier alpha value is -1.26. The summed E-state index contributed by atoms with van der Waals surface area (Å²) < 4.78 is 0. The number of hydrogen-bond donors (Lipinski definition) is 4. The van der Waals surface area contributed by atoms with Crippen molar-refractivity contribution < 1.29 is 15.3 Å². The van der Waals surface area contributed by atoms with Crippen molar-refractivity contribution in [2.24, 2.45) is 0 Å². The van der Waals surface area contributed by atoms with Crippen molar-refractivity contribution in [3.63, 3.8) is 0 Å². The number of aliphatic hydroxyl groups is 1. The maximum absolute atomic E-state index is 9.80. The summed E-state index contributed by atoms with van der Waals surface area (Å²) in [6.45, 7) is 1.83. The fourth-order valence-corrected chi connectivity index (χ4v) is 3.01. The molecule has 1 fully saturated rings. The van der Waals surface area contributed by atoms with Crippen LogP contribution in [0.1, 0.15) is 51.0 Å². The summed E-state index contributed by atoms with van der Waals surface area (Å²) in [5.41, 5.74) is 0.0624. The van der Waals surface area contributed by atoms with E-state index in [0.717, 1.165) is 12.8 Å². The van der Waals surface area contributed by atoms with Crippen LogP contribution in [0.15, 0.2) is 18.2 Å². The van der Waals surface area contributed by atoms with E-state index in [0.29, 0.717) is 11.6 Å². The third-order valence-corrected chi connectivity index (χ3v) is 4.23. The minimum atomic E-state index is -0.648. The lowest BCUT2D eigenvalue weighted by molar-refractivity contribution is 0.156. The van der Waals surface area contributed by atoms with Crippen molar-refractivity contribution in [2.75, 3.05) is 6.61 Å². The molecule has 0 saturated heterocycles. The fourth-order valence-electron chi connectivity index (χ4n) is 3.01. The van der Waals surface area contributed by atoms with E-state index in [-0.39, 0.29) is 18.1 Å². The zero-order valence-electron chi connectivity index (χ0n) is 12.1. The van der Waals surface area contributed by atoms with E-state index in [2.05, 4.69) is 5.32 Å². The van der Waals surface area contributed by atoms with Crippen LogP contribution in [0.4, 0.5) is 0 Å². The molecule has 4 nitrogen and oxygen atoms in total. The van der Waals surface area contributed by atoms with Crippen LogP contribution in [0.25, 0.3) is 0 Å². The first-order valence-corrected chi connectivity index (χ1v) is 7.45. The monoisotopic (exact) mass is 279 g/mol. The van der Waals surface area contributed by atoms with Gasteiger partial charge < -0.3 is 20.6 Å². The lowest BCUT2D eigenvalue weighted by atomic mass is 9.90. The van der Waals surface area contributed by atoms with Crippen molar-refractivity contribution in [3.8, 4) is 11.5 Å². The van der Waals surface area contributed by atoms with Gasteiger partial charge in [-0.2, -0.15) is 0 Å². The van der Waals surface area contributed by atoms with Gasteiger partial charge in [-0.15, -0.1) is 0 Å². The topological polar surface area (TPSA) is 72.7 Å². The molecule has 0 bridgehead atoms. The van der Waals surface area contributed by atoms with E-state index in [1.165, 1.54) is 31.7 Å². The summed E-state index contributed by atoms with van der Waals surface area (Å²) in [5.74, 6) is 0.0321. The van der Waals surface area contributed by atoms with Crippen molar-refractivity contribution in [3.05, 3.63) is 23.8 Å². The summed E-state index contributed by atoms with van der Waals surface area (Å²) >= 11 is 0. The highest BCUT2D eigenvalue weighted by molar-refractivity contribution is 5.40. The van der Waals surface area contributed by atoms with Gasteiger partial charge in [0.15, 0.2) is 0 Å². The van der Waals surface area contributed by atoms with Crippen LogP contribution in [-0.2, 0) is 5.54 Å². The Morgan fingerprint density at radius 1 is 1.05 bits per heavy atom. The second kappa shape index (κ2) is 6.46. The molecule has 1 atom stereocenters. The van der Waals surface area contributed by atoms with Gasteiger partial charge in [0, 0.05) is 12.1 Å². The molecule has 1 saturated carbocycles. The molecule has 0 amide bonds. The molecule has 1 unspecified atom stereocenters. The Morgan fingerprint density at radius 2 is 1.60 bits per heavy atom. The fraction of sp³-hybridized carbons (Fsp3) is 0.625. The van der Waals surface area contributed by atoms with Gasteiger partial charge in [0.05, 0.1) is 12.1 Å². The van der Waals surface area contributed by atoms with Gasteiger partial charge in [-0.05, 0) is 37.5 Å². The minimum Gasteiger partial charge on any atom is -0.508 e. The molecule has 4 N–H and O–H groups in total. The third-order valence-electron chi connectivity index (χ3n) is 4.23. The smallest absolute Gasteiger partial charge is 0.119 e. The van der Waals surface area contributed by atoms with Crippen LogP contribution in [0.3, 0.4) is 0 Å². The Balaban J connectivity index is 2.18. The Bertz CT molecular complexity index is 421. The first kappa shape index (κ1) is 15.1. The van der Waals surface area contributed by atoms with Gasteiger partial charge in [0.1, 0.15) is 11.5 Å². The van der Waals surface area contributed by atoms with Crippen LogP contribution < -0.4 is 5.32 Å². The van der Waals surface area contributed by atoms with Crippen LogP contribution in [-0.4, -0.2) is 28.0 Å². The quantitative estimate of drug-likeness (QED) is 0.639. The summed E-state index contributed by atoms with van der Waals surface area (Å²) in [7, 11) is 0. The Labute approximate surface area is 120 Å². The predicted octanol–water partition coefficient (Wildman–Crippen LogP) is 2.62. The van der Waals surface area contributed by atoms with Crippen LogP contribution in [0, 0.1) is 0 Å². The average molecular weight is 279 g/mol. The molecule has 112 valence electrons. The summed E-state index contributed by atoms with van der Waals surface area (Å²) in [6, 6.07) is 4.87. The van der Waals surface area contributed by atoms with Gasteiger partial charge in [0.25, 0.3) is 0 Å². The Kier molecular flexibility index (Phi) is 4.89. The average Bonchev–Trinajstić information content (AvgIpc) is 2.66. The molecule has 0 spiro atoms. The summed E-state index contributed by atoms with van der Waals surface area (Å²) in [5, 5.41) is 32.6. The highest BCUT2D eigenvalue weighted by Gasteiger charge is 2.29. The maximum atomic E-state index is 9.80. The number of nitrogens with one attached hydrogen (secondary N) is 1. The van der Waals surface area contributed by atoms with Crippen LogP contribution in [0.5, 0.6) is 11.5 Å². The Morgan fingerprint density at radius 3 is 2.10 bits per heavy atom. The van der Waals surface area contributed by atoms with Gasteiger partial charge in [0.2, 0.25) is 0 Å². The molecular formula is C16H25NO3. The molecule has 1 aromatic rings. The van der Waals surface area contributed by atoms with Crippen molar-refractivity contribution in [1.82, 2.24) is 5.32 Å². The highest BCUT2D eigenvalue weighted by Crippen LogP contribution is 2.30. The van der Waals surface area contributed by atoms with E-state index in [4.69, 9.17) is 0 Å². The zero-order valence-corrected chi connectivity index (χ0v) is 12.1.